The molecule has 112 valence electrons. The molecule has 0 amide bonds. The van der Waals surface area contributed by atoms with Gasteiger partial charge in [-0.2, -0.15) is 0 Å². The molecule has 2 aliphatic rings. The molecule has 2 heterocycles. The van der Waals surface area contributed by atoms with Gasteiger partial charge in [0.2, 0.25) is 0 Å². The smallest absolute Gasteiger partial charge is 0.0615 e. The van der Waals surface area contributed by atoms with E-state index in [0.717, 1.165) is 19.7 Å². The monoisotopic (exact) mass is 269 g/mol. The van der Waals surface area contributed by atoms with E-state index in [2.05, 4.69) is 23.6 Å². The Morgan fingerprint density at radius 3 is 2.84 bits per heavy atom. The zero-order chi connectivity index (χ0) is 13.9. The van der Waals surface area contributed by atoms with Crippen molar-refractivity contribution in [1.29, 1.82) is 0 Å². The van der Waals surface area contributed by atoms with Crippen LogP contribution in [0.2, 0.25) is 0 Å². The Morgan fingerprint density at radius 2 is 2.21 bits per heavy atom. The molecule has 0 saturated carbocycles. The topological polar surface area (TPSA) is 41.7 Å². The van der Waals surface area contributed by atoms with Crippen molar-refractivity contribution in [3.63, 3.8) is 0 Å². The molecule has 2 rings (SSSR count). The van der Waals surface area contributed by atoms with Crippen LogP contribution >= 0.6 is 0 Å². The minimum atomic E-state index is 0.174. The van der Waals surface area contributed by atoms with E-state index in [0.29, 0.717) is 12.1 Å². The van der Waals surface area contributed by atoms with Gasteiger partial charge in [-0.1, -0.05) is 13.3 Å². The van der Waals surface area contributed by atoms with Crippen LogP contribution in [0.5, 0.6) is 0 Å². The third kappa shape index (κ3) is 2.68. The van der Waals surface area contributed by atoms with Crippen molar-refractivity contribution in [1.82, 2.24) is 9.80 Å². The van der Waals surface area contributed by atoms with Gasteiger partial charge in [0.05, 0.1) is 12.1 Å². The normalized spacial score (nSPS) is 33.6. The largest absolute Gasteiger partial charge is 0.383 e. The lowest BCUT2D eigenvalue weighted by Crippen LogP contribution is -2.64. The highest BCUT2D eigenvalue weighted by molar-refractivity contribution is 5.09. The summed E-state index contributed by atoms with van der Waals surface area (Å²) in [6, 6.07) is 1.10. The molecule has 0 spiro atoms. The standard InChI is InChI=1S/C15H31N3O/c1-4-18(13(2)11-19-3)15(12-16)8-10-17-9-6-5-7-14(15)17/h13-14H,4-12,16H2,1-3H3. The quantitative estimate of drug-likeness (QED) is 0.789. The van der Waals surface area contributed by atoms with E-state index in [4.69, 9.17) is 10.5 Å². The first kappa shape index (κ1) is 15.2. The number of ether oxygens (including phenoxy) is 1. The number of fused-ring (bicyclic) bond motifs is 1. The maximum atomic E-state index is 6.28. The fourth-order valence-corrected chi connectivity index (χ4v) is 4.46. The lowest BCUT2D eigenvalue weighted by Gasteiger charge is -2.49. The average molecular weight is 269 g/mol. The van der Waals surface area contributed by atoms with Gasteiger partial charge >= 0.3 is 0 Å². The van der Waals surface area contributed by atoms with Crippen LogP contribution in [0.1, 0.15) is 39.5 Å². The fraction of sp³-hybridized carbons (Fsp3) is 1.00. The Morgan fingerprint density at radius 1 is 1.42 bits per heavy atom. The molecule has 0 aliphatic carbocycles. The van der Waals surface area contributed by atoms with E-state index >= 15 is 0 Å². The molecule has 2 aliphatic heterocycles. The second-order valence-corrected chi connectivity index (χ2v) is 6.20. The lowest BCUT2D eigenvalue weighted by atomic mass is 9.83. The molecule has 4 nitrogen and oxygen atoms in total. The van der Waals surface area contributed by atoms with Gasteiger partial charge in [0.1, 0.15) is 0 Å². The SMILES string of the molecule is CCN(C(C)COC)C1(CN)CCN2CCCCC21. The van der Waals surface area contributed by atoms with Gasteiger partial charge in [-0.15, -0.1) is 0 Å². The minimum absolute atomic E-state index is 0.174. The van der Waals surface area contributed by atoms with Gasteiger partial charge < -0.3 is 10.5 Å². The summed E-state index contributed by atoms with van der Waals surface area (Å²) in [6.07, 6.45) is 5.25. The number of piperidine rings is 1. The summed E-state index contributed by atoms with van der Waals surface area (Å²) in [6.45, 7) is 9.65. The van der Waals surface area contributed by atoms with Gasteiger partial charge in [0.15, 0.2) is 0 Å². The van der Waals surface area contributed by atoms with Crippen LogP contribution in [0.15, 0.2) is 0 Å². The molecule has 19 heavy (non-hydrogen) atoms. The van der Waals surface area contributed by atoms with E-state index in [1.54, 1.807) is 7.11 Å². The van der Waals surface area contributed by atoms with Crippen LogP contribution in [0, 0.1) is 0 Å². The van der Waals surface area contributed by atoms with Crippen molar-refractivity contribution in [3.05, 3.63) is 0 Å². The van der Waals surface area contributed by atoms with Gasteiger partial charge in [-0.25, -0.2) is 0 Å². The van der Waals surface area contributed by atoms with Gasteiger partial charge in [-0.05, 0) is 39.3 Å². The zero-order valence-electron chi connectivity index (χ0n) is 12.9. The first-order chi connectivity index (χ1) is 9.19. The van der Waals surface area contributed by atoms with Crippen molar-refractivity contribution in [3.8, 4) is 0 Å². The fourth-order valence-electron chi connectivity index (χ4n) is 4.46. The molecule has 2 fully saturated rings. The summed E-state index contributed by atoms with van der Waals surface area (Å²) in [7, 11) is 1.79. The third-order valence-corrected chi connectivity index (χ3v) is 5.27. The molecule has 0 radical (unpaired) electrons. The van der Waals surface area contributed by atoms with Crippen molar-refractivity contribution >= 4 is 0 Å². The second-order valence-electron chi connectivity index (χ2n) is 6.20. The number of nitrogens with two attached hydrogens (primary N) is 1. The zero-order valence-corrected chi connectivity index (χ0v) is 12.9. The molecule has 0 aromatic heterocycles. The van der Waals surface area contributed by atoms with Crippen LogP contribution in [-0.4, -0.2) is 67.3 Å². The summed E-state index contributed by atoms with van der Waals surface area (Å²) < 4.78 is 5.38. The molecular weight excluding hydrogens is 238 g/mol. The molecular formula is C15H31N3O. The van der Waals surface area contributed by atoms with Crippen molar-refractivity contribution in [2.45, 2.75) is 57.2 Å². The second kappa shape index (κ2) is 6.53. The summed E-state index contributed by atoms with van der Waals surface area (Å²) in [4.78, 5) is 5.30. The van der Waals surface area contributed by atoms with Gasteiger partial charge in [0, 0.05) is 32.3 Å². The molecule has 3 atom stereocenters. The first-order valence-corrected chi connectivity index (χ1v) is 7.89. The van der Waals surface area contributed by atoms with Crippen molar-refractivity contribution < 1.29 is 4.74 Å². The number of nitrogens with zero attached hydrogens (tertiary/aromatic N) is 2. The summed E-state index contributed by atoms with van der Waals surface area (Å²) in [5, 5.41) is 0. The molecule has 3 unspecified atom stereocenters. The predicted molar refractivity (Wildman–Crippen MR) is 79.3 cm³/mol. The summed E-state index contributed by atoms with van der Waals surface area (Å²) in [5.74, 6) is 0. The maximum absolute atomic E-state index is 6.28. The highest BCUT2D eigenvalue weighted by Gasteiger charge is 2.51. The molecule has 0 aromatic carbocycles. The van der Waals surface area contributed by atoms with Gasteiger partial charge in [-0.3, -0.25) is 9.80 Å². The first-order valence-electron chi connectivity index (χ1n) is 7.89. The van der Waals surface area contributed by atoms with Crippen LogP contribution < -0.4 is 5.73 Å². The van der Waals surface area contributed by atoms with Crippen LogP contribution in [0.3, 0.4) is 0 Å². The summed E-state index contributed by atoms with van der Waals surface area (Å²) in [5.41, 5.74) is 6.45. The number of hydrogen-bond donors (Lipinski definition) is 1. The molecule has 4 heteroatoms. The number of rotatable bonds is 6. The molecule has 2 N–H and O–H groups in total. The number of methoxy groups -OCH3 is 1. The Bertz CT molecular complexity index is 287. The van der Waals surface area contributed by atoms with Gasteiger partial charge in [0.25, 0.3) is 0 Å². The Labute approximate surface area is 118 Å². The molecule has 0 aromatic rings. The number of hydrogen-bond acceptors (Lipinski definition) is 4. The minimum Gasteiger partial charge on any atom is -0.383 e. The molecule has 0 bridgehead atoms. The van der Waals surface area contributed by atoms with Crippen molar-refractivity contribution in [2.75, 3.05) is 39.9 Å². The van der Waals surface area contributed by atoms with E-state index in [9.17, 15) is 0 Å². The Balaban J connectivity index is 2.20. The van der Waals surface area contributed by atoms with E-state index in [1.165, 1.54) is 38.8 Å². The lowest BCUT2D eigenvalue weighted by molar-refractivity contribution is -0.00924. The maximum Gasteiger partial charge on any atom is 0.0615 e. The molecule has 2 saturated heterocycles. The average Bonchev–Trinajstić information content (AvgIpc) is 2.80. The Hall–Kier alpha value is -0.160. The summed E-state index contributed by atoms with van der Waals surface area (Å²) >= 11 is 0. The van der Waals surface area contributed by atoms with E-state index in [-0.39, 0.29) is 5.54 Å². The predicted octanol–water partition coefficient (Wildman–Crippen LogP) is 1.30. The highest BCUT2D eigenvalue weighted by atomic mass is 16.5. The number of likely N-dealkylation sites (N-methyl/N-ethyl adjacent to an activating group) is 1. The van der Waals surface area contributed by atoms with E-state index in [1.807, 2.05) is 0 Å². The van der Waals surface area contributed by atoms with Crippen LogP contribution in [-0.2, 0) is 4.74 Å². The van der Waals surface area contributed by atoms with Crippen molar-refractivity contribution in [2.24, 2.45) is 5.73 Å². The third-order valence-electron chi connectivity index (χ3n) is 5.27. The highest BCUT2D eigenvalue weighted by Crippen LogP contribution is 2.39. The Kier molecular flexibility index (Phi) is 5.23. The van der Waals surface area contributed by atoms with Crippen LogP contribution in [0.25, 0.3) is 0 Å². The van der Waals surface area contributed by atoms with E-state index < -0.39 is 0 Å². The van der Waals surface area contributed by atoms with Crippen LogP contribution in [0.4, 0.5) is 0 Å².